The highest BCUT2D eigenvalue weighted by Gasteiger charge is 2.19. The van der Waals surface area contributed by atoms with Gasteiger partial charge in [-0.2, -0.15) is 5.06 Å². The van der Waals surface area contributed by atoms with Gasteiger partial charge in [0.1, 0.15) is 0 Å². The molecule has 0 aromatic heterocycles. The Kier molecular flexibility index (Phi) is 6.08. The lowest BCUT2D eigenvalue weighted by Gasteiger charge is -2.31. The molecule has 20 heavy (non-hydrogen) atoms. The van der Waals surface area contributed by atoms with Crippen molar-refractivity contribution in [1.29, 1.82) is 0 Å². The lowest BCUT2D eigenvalue weighted by molar-refractivity contribution is -0.144. The highest BCUT2D eigenvalue weighted by Crippen LogP contribution is 2.25. The number of piperidine rings is 1. The number of hydrogen-bond donors (Lipinski definition) is 2. The first-order valence-corrected chi connectivity index (χ1v) is 7.51. The normalized spacial score (nSPS) is 19.2. The van der Waals surface area contributed by atoms with E-state index in [1.807, 2.05) is 5.06 Å². The first-order chi connectivity index (χ1) is 9.60. The van der Waals surface area contributed by atoms with Crippen molar-refractivity contribution in [3.63, 3.8) is 0 Å². The second kappa shape index (κ2) is 7.59. The number of hydroxylamine groups is 2. The number of nitrogens with zero attached hydrogens (tertiary/aromatic N) is 1. The van der Waals surface area contributed by atoms with Gasteiger partial charge in [0.2, 0.25) is 0 Å². The minimum Gasteiger partial charge on any atom is -0.387 e. The Morgan fingerprint density at radius 3 is 2.65 bits per heavy atom. The molecule has 1 heterocycles. The standard InChI is InChI=1S/C14H20Cl2N2O2/c1-20-18-6-4-11(5-7-18)17-9-14(19)10-2-3-12(15)13(16)8-10/h2-3,8,11,14,17,19H,4-7,9H2,1H3. The van der Waals surface area contributed by atoms with Crippen molar-refractivity contribution in [2.75, 3.05) is 26.7 Å². The fourth-order valence-corrected chi connectivity index (χ4v) is 2.66. The van der Waals surface area contributed by atoms with Crippen LogP contribution in [0.4, 0.5) is 0 Å². The second-order valence-electron chi connectivity index (χ2n) is 4.98. The highest BCUT2D eigenvalue weighted by atomic mass is 35.5. The van der Waals surface area contributed by atoms with Crippen LogP contribution in [0.15, 0.2) is 18.2 Å². The summed E-state index contributed by atoms with van der Waals surface area (Å²) < 4.78 is 0. The minimum atomic E-state index is -0.578. The van der Waals surface area contributed by atoms with Crippen molar-refractivity contribution in [2.24, 2.45) is 0 Å². The molecule has 1 aromatic carbocycles. The lowest BCUT2D eigenvalue weighted by Crippen LogP contribution is -2.43. The Bertz CT molecular complexity index is 437. The Morgan fingerprint density at radius 1 is 1.35 bits per heavy atom. The van der Waals surface area contributed by atoms with Crippen LogP contribution in [-0.4, -0.2) is 43.0 Å². The number of rotatable bonds is 5. The van der Waals surface area contributed by atoms with Gasteiger partial charge in [0.25, 0.3) is 0 Å². The van der Waals surface area contributed by atoms with E-state index in [2.05, 4.69) is 5.32 Å². The molecule has 1 atom stereocenters. The van der Waals surface area contributed by atoms with Gasteiger partial charge in [-0.15, -0.1) is 0 Å². The number of halogens is 2. The second-order valence-corrected chi connectivity index (χ2v) is 5.80. The molecular weight excluding hydrogens is 299 g/mol. The summed E-state index contributed by atoms with van der Waals surface area (Å²) in [5, 5.41) is 16.5. The zero-order valence-corrected chi connectivity index (χ0v) is 13.0. The van der Waals surface area contributed by atoms with E-state index < -0.39 is 6.10 Å². The van der Waals surface area contributed by atoms with Crippen LogP contribution in [0.3, 0.4) is 0 Å². The fraction of sp³-hybridized carbons (Fsp3) is 0.571. The van der Waals surface area contributed by atoms with Gasteiger partial charge in [-0.25, -0.2) is 0 Å². The van der Waals surface area contributed by atoms with Gasteiger partial charge in [0, 0.05) is 25.7 Å². The van der Waals surface area contributed by atoms with Crippen molar-refractivity contribution < 1.29 is 9.94 Å². The Hall–Kier alpha value is -0.360. The van der Waals surface area contributed by atoms with Crippen LogP contribution in [0, 0.1) is 0 Å². The van der Waals surface area contributed by atoms with Crippen molar-refractivity contribution in [2.45, 2.75) is 25.0 Å². The molecule has 1 aromatic rings. The van der Waals surface area contributed by atoms with Crippen molar-refractivity contribution in [1.82, 2.24) is 10.4 Å². The molecule has 6 heteroatoms. The quantitative estimate of drug-likeness (QED) is 0.876. The maximum Gasteiger partial charge on any atom is 0.0915 e. The first kappa shape index (κ1) is 16.0. The largest absolute Gasteiger partial charge is 0.387 e. The molecule has 0 radical (unpaired) electrons. The summed E-state index contributed by atoms with van der Waals surface area (Å²) in [6.45, 7) is 2.34. The van der Waals surface area contributed by atoms with Crippen LogP contribution in [0.25, 0.3) is 0 Å². The third kappa shape index (κ3) is 4.32. The molecule has 0 amide bonds. The van der Waals surface area contributed by atoms with E-state index >= 15 is 0 Å². The lowest BCUT2D eigenvalue weighted by atomic mass is 10.0. The third-order valence-corrected chi connectivity index (χ3v) is 4.38. The van der Waals surface area contributed by atoms with Crippen LogP contribution in [0.2, 0.25) is 10.0 Å². The summed E-state index contributed by atoms with van der Waals surface area (Å²) in [5.74, 6) is 0. The number of nitrogens with one attached hydrogen (secondary N) is 1. The van der Waals surface area contributed by atoms with Crippen molar-refractivity contribution >= 4 is 23.2 Å². The maximum atomic E-state index is 10.2. The summed E-state index contributed by atoms with van der Waals surface area (Å²) in [6.07, 6.45) is 1.45. The molecule has 0 saturated carbocycles. The smallest absolute Gasteiger partial charge is 0.0915 e. The minimum absolute atomic E-state index is 0.416. The van der Waals surface area contributed by atoms with Crippen LogP contribution in [0.1, 0.15) is 24.5 Å². The molecule has 1 fully saturated rings. The molecule has 1 saturated heterocycles. The zero-order valence-electron chi connectivity index (χ0n) is 11.5. The van der Waals surface area contributed by atoms with Crippen molar-refractivity contribution in [3.05, 3.63) is 33.8 Å². The van der Waals surface area contributed by atoms with Crippen LogP contribution >= 0.6 is 23.2 Å². The van der Waals surface area contributed by atoms with Crippen LogP contribution < -0.4 is 5.32 Å². The number of benzene rings is 1. The van der Waals surface area contributed by atoms with E-state index in [-0.39, 0.29) is 0 Å². The van der Waals surface area contributed by atoms with E-state index in [0.29, 0.717) is 22.6 Å². The van der Waals surface area contributed by atoms with E-state index in [9.17, 15) is 5.11 Å². The van der Waals surface area contributed by atoms with Crippen LogP contribution in [-0.2, 0) is 4.84 Å². The Morgan fingerprint density at radius 2 is 2.05 bits per heavy atom. The van der Waals surface area contributed by atoms with Gasteiger partial charge in [-0.1, -0.05) is 29.3 Å². The molecule has 1 unspecified atom stereocenters. The van der Waals surface area contributed by atoms with Crippen molar-refractivity contribution in [3.8, 4) is 0 Å². The van der Waals surface area contributed by atoms with Gasteiger partial charge < -0.3 is 15.3 Å². The molecule has 2 rings (SSSR count). The summed E-state index contributed by atoms with van der Waals surface area (Å²) in [4.78, 5) is 5.19. The van der Waals surface area contributed by atoms with Gasteiger partial charge in [-0.3, -0.25) is 0 Å². The van der Waals surface area contributed by atoms with E-state index in [1.165, 1.54) is 0 Å². The van der Waals surface area contributed by atoms with Crippen LogP contribution in [0.5, 0.6) is 0 Å². The predicted molar refractivity (Wildman–Crippen MR) is 81.0 cm³/mol. The number of aliphatic hydroxyl groups excluding tert-OH is 1. The average Bonchev–Trinajstić information content (AvgIpc) is 2.48. The van der Waals surface area contributed by atoms with E-state index in [1.54, 1.807) is 25.3 Å². The monoisotopic (exact) mass is 318 g/mol. The molecule has 1 aliphatic rings. The summed E-state index contributed by atoms with van der Waals surface area (Å²) in [7, 11) is 1.70. The van der Waals surface area contributed by atoms with Gasteiger partial charge in [0.15, 0.2) is 0 Å². The maximum absolute atomic E-state index is 10.2. The van der Waals surface area contributed by atoms with Gasteiger partial charge in [-0.05, 0) is 30.5 Å². The summed E-state index contributed by atoms with van der Waals surface area (Å²) in [6, 6.07) is 5.64. The molecule has 112 valence electrons. The van der Waals surface area contributed by atoms with E-state index in [0.717, 1.165) is 31.5 Å². The molecule has 0 spiro atoms. The molecule has 4 nitrogen and oxygen atoms in total. The third-order valence-electron chi connectivity index (χ3n) is 3.64. The van der Waals surface area contributed by atoms with Gasteiger partial charge >= 0.3 is 0 Å². The highest BCUT2D eigenvalue weighted by molar-refractivity contribution is 6.42. The summed E-state index contributed by atoms with van der Waals surface area (Å²) >= 11 is 11.8. The molecule has 0 aliphatic carbocycles. The molecule has 1 aliphatic heterocycles. The van der Waals surface area contributed by atoms with Gasteiger partial charge in [0.05, 0.1) is 23.3 Å². The number of aliphatic hydroxyl groups is 1. The van der Waals surface area contributed by atoms with E-state index in [4.69, 9.17) is 28.0 Å². The topological polar surface area (TPSA) is 44.7 Å². The number of hydrogen-bond acceptors (Lipinski definition) is 4. The average molecular weight is 319 g/mol. The first-order valence-electron chi connectivity index (χ1n) is 6.75. The Labute approximate surface area is 129 Å². The predicted octanol–water partition coefficient (Wildman–Crippen LogP) is 2.64. The summed E-state index contributed by atoms with van der Waals surface area (Å²) in [5.41, 5.74) is 0.779. The fourth-order valence-electron chi connectivity index (χ4n) is 2.36. The molecule has 2 N–H and O–H groups in total. The SMILES string of the molecule is CON1CCC(NCC(O)c2ccc(Cl)c(Cl)c2)CC1. The molecule has 0 bridgehead atoms. The Balaban J connectivity index is 1.80. The zero-order chi connectivity index (χ0) is 14.5. The molecular formula is C14H20Cl2N2O2.